The number of nitrogens with two attached hydrogens (primary N) is 1. The van der Waals surface area contributed by atoms with E-state index < -0.39 is 183 Å². The number of primary amides is 1. The SMILES string of the molecule is CCCCCOc1cccc(-c2nn3cc(-c4ccc(C(=O)NC5CC(O)CNC(=O)C6C(O)C(C)CN6C(=O)C(C(O)CC(N)=O)NC(=O)C(C(O)C(O)c6ccc(O)c(OSOO[O-])c6)NC(=O)C6CC(O)CN6C(=O)C(C(C)O)NC5=O)cc4)nc3s2)c1.[Na+]. The van der Waals surface area contributed by atoms with Gasteiger partial charge in [-0.2, -0.15) is 5.10 Å². The number of ether oxygens (including phenoxy) is 1. The van der Waals surface area contributed by atoms with Gasteiger partial charge in [-0.3, -0.25) is 43.4 Å². The van der Waals surface area contributed by atoms with Crippen molar-refractivity contribution in [1.82, 2.24) is 51.0 Å². The van der Waals surface area contributed by atoms with E-state index in [1.54, 1.807) is 22.8 Å². The van der Waals surface area contributed by atoms with Crippen molar-refractivity contribution >= 4 is 75.9 Å². The first-order valence-electron chi connectivity index (χ1n) is 28.9. The molecule has 2 aromatic heterocycles. The zero-order valence-electron chi connectivity index (χ0n) is 50.1. The third-order valence-corrected chi connectivity index (χ3v) is 16.9. The van der Waals surface area contributed by atoms with Gasteiger partial charge in [-0.25, -0.2) is 9.50 Å². The number of aromatic nitrogens is 3. The Morgan fingerprint density at radius 3 is 2.24 bits per heavy atom. The molecule has 5 heterocycles. The number of rotatable bonds is 20. The number of phenolic OH excluding ortho intramolecular Hbond substituents is 1. The van der Waals surface area contributed by atoms with E-state index in [-0.39, 0.29) is 53.0 Å². The van der Waals surface area contributed by atoms with Crippen molar-refractivity contribution in [2.75, 3.05) is 26.2 Å². The number of benzene rings is 3. The van der Waals surface area contributed by atoms with Crippen LogP contribution in [0.2, 0.25) is 0 Å². The van der Waals surface area contributed by atoms with E-state index in [4.69, 9.17) is 24.7 Å². The van der Waals surface area contributed by atoms with Gasteiger partial charge in [-0.15, -0.1) is 4.33 Å². The fraction of sp³-hybridized carbons (Fsp3) is 0.474. The number of carbonyl (C=O) groups is 8. The largest absolute Gasteiger partial charge is 1.00 e. The molecular formula is C57H70N11NaO21S2. The summed E-state index contributed by atoms with van der Waals surface area (Å²) >= 11 is 1.26. The number of hydrogen-bond acceptors (Lipinski definition) is 25. The number of imidazole rings is 1. The number of amides is 8. The minimum Gasteiger partial charge on any atom is -0.691 e. The Hall–Kier alpha value is -7.13. The summed E-state index contributed by atoms with van der Waals surface area (Å²) in [5.74, 6) is -11.3. The molecule has 3 aromatic carbocycles. The zero-order valence-corrected chi connectivity index (χ0v) is 53.7. The van der Waals surface area contributed by atoms with Crippen molar-refractivity contribution in [2.24, 2.45) is 11.7 Å². The maximum absolute atomic E-state index is 14.7. The molecule has 492 valence electrons. The van der Waals surface area contributed by atoms with Crippen LogP contribution in [0.15, 0.2) is 72.9 Å². The fourth-order valence-electron chi connectivity index (χ4n) is 10.7. The van der Waals surface area contributed by atoms with Crippen molar-refractivity contribution in [3.05, 3.63) is 84.1 Å². The average molecular weight is 1330 g/mol. The van der Waals surface area contributed by atoms with Crippen LogP contribution in [0.5, 0.6) is 17.2 Å². The summed E-state index contributed by atoms with van der Waals surface area (Å²) in [5.41, 5.74) is 6.92. The van der Waals surface area contributed by atoms with Crippen LogP contribution >= 0.6 is 23.7 Å². The standard InChI is InChI=1S/C57H71N11O21S2.Na/c1-4-5-6-16-86-34-9-7-8-31(17-34)54-65-68-25-36(61-57(68)90-54)28-10-12-29(13-11-28)49(78)60-35-19-32(70)22-59-53(82)45-46(75)26(2)23-67(45)56(84)43(39(73)21-41(58)74)63-52(81)44(48(77)47(76)30-14-15-38(72)40(18-30)87-91-89-88-85)64-51(80)37-20-33(71)24-66(37)55(83)42(27(3)69)62-50(35)79;/h7-15,17-18,25-27,32-33,35,37,39,42-48,69-73,75-77,85H,4-6,16,19-24H2,1-3H3,(H2,58,74)(H,59,82)(H,60,78)(H,62,79)(H,63,81)(H,64,80);/q;+1/p-1. The fourth-order valence-corrected chi connectivity index (χ4v) is 11.8. The molecule has 14 atom stereocenters. The molecule has 8 rings (SSSR count). The smallest absolute Gasteiger partial charge is 0.691 e. The van der Waals surface area contributed by atoms with Gasteiger partial charge in [0.2, 0.25) is 46.3 Å². The van der Waals surface area contributed by atoms with Gasteiger partial charge < -0.3 is 97.1 Å². The van der Waals surface area contributed by atoms with Crippen LogP contribution in [-0.4, -0.2) is 212 Å². The van der Waals surface area contributed by atoms with Crippen molar-refractivity contribution in [3.63, 3.8) is 0 Å². The molecule has 0 saturated carbocycles. The van der Waals surface area contributed by atoms with E-state index >= 15 is 0 Å². The minimum absolute atomic E-state index is 0. The van der Waals surface area contributed by atoms with E-state index in [0.717, 1.165) is 59.7 Å². The Morgan fingerprint density at radius 1 is 0.848 bits per heavy atom. The molecule has 35 heteroatoms. The first-order valence-corrected chi connectivity index (χ1v) is 30.3. The summed E-state index contributed by atoms with van der Waals surface area (Å²) in [6.07, 6.45) is -11.4. The Kier molecular flexibility index (Phi) is 25.6. The molecular weight excluding hydrogens is 1260 g/mol. The minimum atomic E-state index is -2.54. The Bertz CT molecular complexity index is 3410. The number of unbranched alkanes of at least 4 members (excludes halogenated alkanes) is 2. The predicted octanol–water partition coefficient (Wildman–Crippen LogP) is -6.12. The number of aliphatic hydroxyl groups excluding tert-OH is 7. The van der Waals surface area contributed by atoms with Crippen molar-refractivity contribution < 1.29 is 132 Å². The second kappa shape index (κ2) is 32.6. The zero-order chi connectivity index (χ0) is 66.0. The van der Waals surface area contributed by atoms with Crippen molar-refractivity contribution in [1.29, 1.82) is 0 Å². The Labute approximate surface area is 555 Å². The van der Waals surface area contributed by atoms with Crippen LogP contribution in [0.3, 0.4) is 0 Å². The molecule has 3 fully saturated rings. The van der Waals surface area contributed by atoms with E-state index in [1.807, 2.05) is 24.3 Å². The van der Waals surface area contributed by atoms with E-state index in [0.29, 0.717) is 33.6 Å². The van der Waals surface area contributed by atoms with Crippen LogP contribution in [0.4, 0.5) is 0 Å². The Morgan fingerprint density at radius 2 is 1.55 bits per heavy atom. The molecule has 14 unspecified atom stereocenters. The molecule has 0 spiro atoms. The van der Waals surface area contributed by atoms with Crippen molar-refractivity contribution in [3.8, 4) is 39.1 Å². The molecule has 32 nitrogen and oxygen atoms in total. The molecule has 0 radical (unpaired) electrons. The molecule has 3 aliphatic heterocycles. The normalized spacial score (nSPS) is 24.9. The maximum Gasteiger partial charge on any atom is 1.00 e. The molecule has 15 N–H and O–H groups in total. The number of aromatic hydroxyl groups is 1. The van der Waals surface area contributed by atoms with Gasteiger partial charge >= 0.3 is 29.6 Å². The number of aliphatic hydroxyl groups is 7. The molecule has 0 bridgehead atoms. The van der Waals surface area contributed by atoms with Crippen LogP contribution in [-0.2, 0) is 42.9 Å². The first-order chi connectivity index (χ1) is 43.4. The number of β-amino-alcohol motifs (C(OH)–C–C–N with tert-alkyl or cyclic N) is 1. The third kappa shape index (κ3) is 17.6. The van der Waals surface area contributed by atoms with Crippen LogP contribution in [0, 0.1) is 5.92 Å². The number of hydrogen-bond donors (Lipinski definition) is 14. The predicted molar refractivity (Wildman–Crippen MR) is 315 cm³/mol. The summed E-state index contributed by atoms with van der Waals surface area (Å²) in [6.45, 7) is 3.37. The van der Waals surface area contributed by atoms with E-state index in [2.05, 4.69) is 42.9 Å². The topological polar surface area (TPSA) is 481 Å². The van der Waals surface area contributed by atoms with Crippen LogP contribution in [0.25, 0.3) is 26.8 Å². The first kappa shape index (κ1) is 72.3. The number of nitrogens with one attached hydrogen (secondary N) is 5. The molecule has 3 saturated heterocycles. The van der Waals surface area contributed by atoms with Gasteiger partial charge in [-0.1, -0.05) is 68.4 Å². The number of carbonyl (C=O) groups excluding carboxylic acids is 8. The molecule has 0 aliphatic carbocycles. The van der Waals surface area contributed by atoms with Gasteiger partial charge in [0.05, 0.1) is 55.4 Å². The third-order valence-electron chi connectivity index (χ3n) is 15.5. The average Bonchev–Trinajstić information content (AvgIpc) is 1.61. The number of fused-ring (bicyclic) bond motifs is 3. The van der Waals surface area contributed by atoms with E-state index in [9.17, 15) is 84.5 Å². The quantitative estimate of drug-likeness (QED) is 0.0113. The number of nitrogens with zero attached hydrogens (tertiary/aromatic N) is 5. The molecule has 8 amide bonds. The summed E-state index contributed by atoms with van der Waals surface area (Å²) < 4.78 is 16.6. The van der Waals surface area contributed by atoms with Crippen molar-refractivity contribution in [2.45, 2.75) is 138 Å². The second-order valence-electron chi connectivity index (χ2n) is 22.3. The monoisotopic (exact) mass is 1330 g/mol. The van der Waals surface area contributed by atoms with Gasteiger partial charge in [0.1, 0.15) is 59.2 Å². The molecule has 3 aliphatic rings. The van der Waals surface area contributed by atoms with E-state index in [1.165, 1.54) is 30.4 Å². The van der Waals surface area contributed by atoms with Crippen LogP contribution < -0.4 is 76.1 Å². The summed E-state index contributed by atoms with van der Waals surface area (Å²) in [5, 5.41) is 121. The summed E-state index contributed by atoms with van der Waals surface area (Å²) in [4.78, 5) is 120. The van der Waals surface area contributed by atoms with Crippen LogP contribution in [0.1, 0.15) is 81.3 Å². The molecule has 5 aromatic rings. The van der Waals surface area contributed by atoms with Gasteiger partial charge in [0, 0.05) is 55.1 Å². The number of phenols is 1. The Balaban J connectivity index is 0.0000120. The summed E-state index contributed by atoms with van der Waals surface area (Å²) in [7, 11) is 0. The molecule has 92 heavy (non-hydrogen) atoms. The van der Waals surface area contributed by atoms with Gasteiger partial charge in [-0.05, 0) is 55.3 Å². The van der Waals surface area contributed by atoms with Gasteiger partial charge in [0.25, 0.3) is 18.2 Å². The van der Waals surface area contributed by atoms with Gasteiger partial charge in [0.15, 0.2) is 11.5 Å². The second-order valence-corrected chi connectivity index (χ2v) is 23.7. The summed E-state index contributed by atoms with van der Waals surface area (Å²) in [6, 6.07) is 4.14. The maximum atomic E-state index is 14.7.